The number of aromatic nitrogens is 3. The van der Waals surface area contributed by atoms with Crippen molar-refractivity contribution in [1.29, 1.82) is 0 Å². The van der Waals surface area contributed by atoms with Gasteiger partial charge in [-0.15, -0.1) is 10.2 Å². The van der Waals surface area contributed by atoms with Gasteiger partial charge in [-0.05, 0) is 11.6 Å². The van der Waals surface area contributed by atoms with E-state index in [0.29, 0.717) is 25.5 Å². The molecule has 5 nitrogen and oxygen atoms in total. The maximum absolute atomic E-state index is 12.9. The van der Waals surface area contributed by atoms with Crippen molar-refractivity contribution in [1.82, 2.24) is 19.7 Å². The minimum atomic E-state index is -4.45. The van der Waals surface area contributed by atoms with Crippen LogP contribution in [0.2, 0.25) is 0 Å². The number of halogens is 3. The predicted octanol–water partition coefficient (Wildman–Crippen LogP) is 2.38. The summed E-state index contributed by atoms with van der Waals surface area (Å²) in [6, 6.07) is 8.01. The highest BCUT2D eigenvalue weighted by molar-refractivity contribution is 5.52. The summed E-state index contributed by atoms with van der Waals surface area (Å²) in [5.41, 5.74) is 2.25. The Bertz CT molecular complexity index is 693. The maximum Gasteiger partial charge on any atom is 0.451 e. The van der Waals surface area contributed by atoms with E-state index in [1.54, 1.807) is 0 Å². The topological polar surface area (TPSA) is 37.2 Å². The van der Waals surface area contributed by atoms with Gasteiger partial charge in [-0.3, -0.25) is 4.90 Å². The molecule has 1 aliphatic heterocycles. The highest BCUT2D eigenvalue weighted by atomic mass is 19.4. The average Bonchev–Trinajstić information content (AvgIpc) is 2.90. The molecule has 1 aliphatic rings. The molecule has 8 heteroatoms. The third kappa shape index (κ3) is 3.17. The van der Waals surface area contributed by atoms with Crippen molar-refractivity contribution >= 4 is 5.69 Å². The van der Waals surface area contributed by atoms with Crippen molar-refractivity contribution in [3.05, 3.63) is 41.5 Å². The molecule has 3 rings (SSSR count). The smallest absolute Gasteiger partial charge is 0.377 e. The zero-order valence-electron chi connectivity index (χ0n) is 13.0. The van der Waals surface area contributed by atoms with Gasteiger partial charge >= 0.3 is 6.18 Å². The monoisotopic (exact) mass is 325 g/mol. The van der Waals surface area contributed by atoms with Gasteiger partial charge in [-0.25, -0.2) is 0 Å². The van der Waals surface area contributed by atoms with Crippen molar-refractivity contribution in [2.75, 3.05) is 25.5 Å². The molecule has 0 fully saturated rings. The third-order valence-electron chi connectivity index (χ3n) is 3.95. The van der Waals surface area contributed by atoms with Gasteiger partial charge in [0, 0.05) is 39.4 Å². The molecule has 0 unspecified atom stereocenters. The molecule has 124 valence electrons. The summed E-state index contributed by atoms with van der Waals surface area (Å²) in [5.74, 6) is -0.535. The summed E-state index contributed by atoms with van der Waals surface area (Å²) in [6.07, 6.45) is -4.45. The Balaban J connectivity index is 1.78. The van der Waals surface area contributed by atoms with E-state index in [1.165, 1.54) is 4.57 Å². The van der Waals surface area contributed by atoms with Crippen LogP contribution < -0.4 is 4.90 Å². The van der Waals surface area contributed by atoms with Crippen molar-refractivity contribution in [3.8, 4) is 0 Å². The fraction of sp³-hybridized carbons (Fsp3) is 0.467. The molecule has 2 aromatic rings. The molecule has 23 heavy (non-hydrogen) atoms. The van der Waals surface area contributed by atoms with Crippen molar-refractivity contribution in [3.63, 3.8) is 0 Å². The summed E-state index contributed by atoms with van der Waals surface area (Å²) in [5, 5.41) is 7.02. The maximum atomic E-state index is 12.9. The Kier molecular flexibility index (Phi) is 4.01. The Hall–Kier alpha value is -2.09. The number of hydrogen-bond acceptors (Lipinski definition) is 4. The second kappa shape index (κ2) is 5.84. The minimum Gasteiger partial charge on any atom is -0.377 e. The third-order valence-corrected chi connectivity index (χ3v) is 3.95. The molecule has 0 saturated carbocycles. The average molecular weight is 325 g/mol. The number of fused-ring (bicyclic) bond motifs is 1. The van der Waals surface area contributed by atoms with Crippen LogP contribution in [0.15, 0.2) is 24.3 Å². The Morgan fingerprint density at radius 3 is 2.57 bits per heavy atom. The van der Waals surface area contributed by atoms with E-state index >= 15 is 0 Å². The molecule has 0 radical (unpaired) electrons. The van der Waals surface area contributed by atoms with Crippen LogP contribution in [0.4, 0.5) is 18.9 Å². The van der Waals surface area contributed by atoms with E-state index in [1.807, 2.05) is 43.3 Å². The predicted molar refractivity (Wildman–Crippen MR) is 79.9 cm³/mol. The van der Waals surface area contributed by atoms with Crippen LogP contribution in [-0.2, 0) is 25.8 Å². The fourth-order valence-electron chi connectivity index (χ4n) is 2.87. The summed E-state index contributed by atoms with van der Waals surface area (Å²) in [7, 11) is 3.95. The Labute approximate surface area is 132 Å². The van der Waals surface area contributed by atoms with Crippen LogP contribution in [0.1, 0.15) is 17.2 Å². The van der Waals surface area contributed by atoms with E-state index in [0.717, 1.165) is 11.3 Å². The van der Waals surface area contributed by atoms with E-state index in [9.17, 15) is 13.2 Å². The molecular weight excluding hydrogens is 307 g/mol. The van der Waals surface area contributed by atoms with Gasteiger partial charge in [0.25, 0.3) is 0 Å². The molecule has 2 heterocycles. The van der Waals surface area contributed by atoms with Gasteiger partial charge in [0.2, 0.25) is 5.82 Å². The van der Waals surface area contributed by atoms with Gasteiger partial charge in [0.15, 0.2) is 0 Å². The van der Waals surface area contributed by atoms with E-state index < -0.39 is 12.0 Å². The first kappa shape index (κ1) is 15.8. The zero-order chi connectivity index (χ0) is 16.6. The molecule has 0 saturated heterocycles. The summed E-state index contributed by atoms with van der Waals surface area (Å²) >= 11 is 0. The minimum absolute atomic E-state index is 0.251. The summed E-state index contributed by atoms with van der Waals surface area (Å²) in [4.78, 5) is 4.12. The second-order valence-electron chi connectivity index (χ2n) is 5.82. The van der Waals surface area contributed by atoms with E-state index in [4.69, 9.17) is 0 Å². The van der Waals surface area contributed by atoms with Gasteiger partial charge in [-0.1, -0.05) is 18.2 Å². The van der Waals surface area contributed by atoms with Gasteiger partial charge in [0.1, 0.15) is 5.82 Å². The number of para-hydroxylation sites is 1. The second-order valence-corrected chi connectivity index (χ2v) is 5.82. The first-order valence-corrected chi connectivity index (χ1v) is 7.33. The van der Waals surface area contributed by atoms with E-state index in [2.05, 4.69) is 15.1 Å². The van der Waals surface area contributed by atoms with Crippen molar-refractivity contribution in [2.45, 2.75) is 25.8 Å². The first-order valence-electron chi connectivity index (χ1n) is 7.33. The lowest BCUT2D eigenvalue weighted by molar-refractivity contribution is -0.148. The number of alkyl halides is 3. The van der Waals surface area contributed by atoms with Crippen molar-refractivity contribution < 1.29 is 13.2 Å². The fourth-order valence-corrected chi connectivity index (χ4v) is 2.87. The number of hydrogen-bond donors (Lipinski definition) is 0. The lowest BCUT2D eigenvalue weighted by Crippen LogP contribution is -2.35. The molecule has 0 aliphatic carbocycles. The quantitative estimate of drug-likeness (QED) is 0.868. The van der Waals surface area contributed by atoms with Crippen molar-refractivity contribution in [2.24, 2.45) is 0 Å². The molecule has 0 spiro atoms. The number of rotatable bonds is 3. The molecular formula is C15H18F3N5. The Morgan fingerprint density at radius 2 is 1.87 bits per heavy atom. The zero-order valence-corrected chi connectivity index (χ0v) is 13.0. The first-order chi connectivity index (χ1) is 10.9. The highest BCUT2D eigenvalue weighted by Crippen LogP contribution is 2.30. The van der Waals surface area contributed by atoms with Crippen LogP contribution in [0.25, 0.3) is 0 Å². The van der Waals surface area contributed by atoms with Crippen LogP contribution >= 0.6 is 0 Å². The molecule has 0 N–H and O–H groups in total. The standard InChI is InChI=1S/C15H18F3N5/c1-21(2)12-6-4-3-5-11(12)9-22-7-8-23-13(10-22)19-20-14(23)15(16,17)18/h3-6H,7-10H2,1-2H3. The largest absolute Gasteiger partial charge is 0.451 e. The van der Waals surface area contributed by atoms with Crippen LogP contribution in [0.3, 0.4) is 0 Å². The molecule has 1 aromatic heterocycles. The normalized spacial score (nSPS) is 15.5. The summed E-state index contributed by atoms with van der Waals surface area (Å²) < 4.78 is 39.7. The van der Waals surface area contributed by atoms with Crippen LogP contribution in [0.5, 0.6) is 0 Å². The lowest BCUT2D eigenvalue weighted by Gasteiger charge is -2.29. The molecule has 0 atom stereocenters. The summed E-state index contributed by atoms with van der Waals surface area (Å²) in [6.45, 7) is 1.82. The van der Waals surface area contributed by atoms with Crippen LogP contribution in [0, 0.1) is 0 Å². The molecule has 0 bridgehead atoms. The SMILES string of the molecule is CN(C)c1ccccc1CN1CCn2c(nnc2C(F)(F)F)C1. The number of anilines is 1. The highest BCUT2D eigenvalue weighted by Gasteiger charge is 2.39. The van der Waals surface area contributed by atoms with Crippen LogP contribution in [-0.4, -0.2) is 40.3 Å². The number of benzene rings is 1. The van der Waals surface area contributed by atoms with Gasteiger partial charge in [0.05, 0.1) is 6.54 Å². The molecule has 1 aromatic carbocycles. The Morgan fingerprint density at radius 1 is 1.13 bits per heavy atom. The van der Waals surface area contributed by atoms with Gasteiger partial charge in [-0.2, -0.15) is 13.2 Å². The molecule has 0 amide bonds. The number of nitrogens with zero attached hydrogens (tertiary/aromatic N) is 5. The lowest BCUT2D eigenvalue weighted by atomic mass is 10.1. The van der Waals surface area contributed by atoms with E-state index in [-0.39, 0.29) is 6.54 Å². The van der Waals surface area contributed by atoms with Gasteiger partial charge < -0.3 is 9.47 Å².